The van der Waals surface area contributed by atoms with Gasteiger partial charge in [0.05, 0.1) is 0 Å². The number of nitrogens with zero attached hydrogens (tertiary/aromatic N) is 4. The van der Waals surface area contributed by atoms with Crippen molar-refractivity contribution in [3.8, 4) is 0 Å². The van der Waals surface area contributed by atoms with E-state index in [1.807, 2.05) is 36.7 Å². The lowest BCUT2D eigenvalue weighted by Gasteiger charge is -2.12. The molecule has 0 aliphatic carbocycles. The van der Waals surface area contributed by atoms with Crippen LogP contribution in [-0.2, 0) is 24.2 Å². The first-order valence-electron chi connectivity index (χ1n) is 9.76. The molecule has 1 aromatic carbocycles. The second-order valence-corrected chi connectivity index (χ2v) is 7.17. The van der Waals surface area contributed by atoms with E-state index in [0.29, 0.717) is 30.5 Å². The fourth-order valence-corrected chi connectivity index (χ4v) is 3.06. The molecular formula is C21H27N5O2. The fourth-order valence-electron chi connectivity index (χ4n) is 3.06. The van der Waals surface area contributed by atoms with Crippen molar-refractivity contribution in [2.75, 3.05) is 5.32 Å². The molecule has 7 heteroatoms. The Kier molecular flexibility index (Phi) is 6.57. The number of imidazole rings is 1. The van der Waals surface area contributed by atoms with E-state index >= 15 is 0 Å². The monoisotopic (exact) mass is 381 g/mol. The smallest absolute Gasteiger partial charge is 0.227 e. The summed E-state index contributed by atoms with van der Waals surface area (Å²) in [5, 5.41) is 6.86. The summed E-state index contributed by atoms with van der Waals surface area (Å²) in [6, 6.07) is 7.89. The molecule has 0 spiro atoms. The second-order valence-electron chi connectivity index (χ2n) is 7.17. The van der Waals surface area contributed by atoms with Crippen LogP contribution < -0.4 is 5.32 Å². The van der Waals surface area contributed by atoms with Crippen LogP contribution in [0.3, 0.4) is 0 Å². The minimum absolute atomic E-state index is 0.0714. The number of aryl methyl sites for hydroxylation is 2. The van der Waals surface area contributed by atoms with E-state index in [4.69, 9.17) is 4.52 Å². The molecule has 0 saturated carbocycles. The molecule has 0 saturated heterocycles. The first-order valence-corrected chi connectivity index (χ1v) is 9.76. The van der Waals surface area contributed by atoms with Gasteiger partial charge in [0, 0.05) is 49.8 Å². The molecule has 0 radical (unpaired) electrons. The van der Waals surface area contributed by atoms with Gasteiger partial charge in [0.1, 0.15) is 5.82 Å². The largest absolute Gasteiger partial charge is 0.339 e. The van der Waals surface area contributed by atoms with Gasteiger partial charge in [-0.25, -0.2) is 4.98 Å². The summed E-state index contributed by atoms with van der Waals surface area (Å²) in [7, 11) is 0. The number of anilines is 1. The van der Waals surface area contributed by atoms with Crippen molar-refractivity contribution in [3.63, 3.8) is 0 Å². The molecule has 28 heavy (non-hydrogen) atoms. The number of carbonyl (C=O) groups is 1. The molecule has 0 unspecified atom stereocenters. The van der Waals surface area contributed by atoms with Crippen LogP contribution in [0.15, 0.2) is 41.2 Å². The quantitative estimate of drug-likeness (QED) is 0.606. The van der Waals surface area contributed by atoms with Crippen LogP contribution in [0.25, 0.3) is 0 Å². The van der Waals surface area contributed by atoms with Crippen LogP contribution in [-0.4, -0.2) is 25.6 Å². The van der Waals surface area contributed by atoms with Crippen molar-refractivity contribution in [1.29, 1.82) is 0 Å². The van der Waals surface area contributed by atoms with Gasteiger partial charge in [0.2, 0.25) is 11.8 Å². The highest BCUT2D eigenvalue weighted by atomic mass is 16.5. The van der Waals surface area contributed by atoms with Gasteiger partial charge in [0.15, 0.2) is 5.82 Å². The topological polar surface area (TPSA) is 85.8 Å². The first kappa shape index (κ1) is 19.8. The molecule has 0 aliphatic rings. The molecule has 2 aromatic heterocycles. The Morgan fingerprint density at radius 1 is 1.29 bits per heavy atom. The summed E-state index contributed by atoms with van der Waals surface area (Å²) in [4.78, 5) is 21.0. The van der Waals surface area contributed by atoms with E-state index in [1.54, 1.807) is 0 Å². The van der Waals surface area contributed by atoms with Crippen molar-refractivity contribution >= 4 is 11.6 Å². The van der Waals surface area contributed by atoms with E-state index in [2.05, 4.69) is 45.8 Å². The highest BCUT2D eigenvalue weighted by Crippen LogP contribution is 2.17. The Hall–Kier alpha value is -2.96. The molecule has 0 atom stereocenters. The first-order chi connectivity index (χ1) is 13.5. The maximum atomic E-state index is 12.3. The predicted molar refractivity (Wildman–Crippen MR) is 107 cm³/mol. The molecule has 3 aromatic rings. The van der Waals surface area contributed by atoms with Gasteiger partial charge in [-0.3, -0.25) is 4.79 Å². The summed E-state index contributed by atoms with van der Waals surface area (Å²) in [5.74, 6) is 2.55. The lowest BCUT2D eigenvalue weighted by Crippen LogP contribution is -2.13. The number of rotatable bonds is 9. The average molecular weight is 381 g/mol. The molecule has 148 valence electrons. The van der Waals surface area contributed by atoms with E-state index in [9.17, 15) is 4.79 Å². The van der Waals surface area contributed by atoms with Crippen LogP contribution in [0.4, 0.5) is 5.69 Å². The summed E-state index contributed by atoms with van der Waals surface area (Å²) >= 11 is 0. The van der Waals surface area contributed by atoms with Crippen LogP contribution in [0.2, 0.25) is 0 Å². The Morgan fingerprint density at radius 3 is 2.93 bits per heavy atom. The van der Waals surface area contributed by atoms with Crippen LogP contribution in [0.1, 0.15) is 62.6 Å². The average Bonchev–Trinajstić information content (AvgIpc) is 3.30. The van der Waals surface area contributed by atoms with Gasteiger partial charge >= 0.3 is 0 Å². The summed E-state index contributed by atoms with van der Waals surface area (Å²) in [5.41, 5.74) is 1.89. The number of amides is 1. The number of aromatic nitrogens is 4. The molecule has 2 heterocycles. The Labute approximate surface area is 165 Å². The molecule has 0 aliphatic heterocycles. The number of benzene rings is 1. The standard InChI is InChI=1S/C21H27N5O2/c1-4-6-18-24-20(28-25-18)10-9-19(27)23-17-8-5-7-16(13-17)14-26-12-11-22-21(26)15(2)3/h5,7-8,11-13,15H,4,6,9-10,14H2,1-3H3,(H,23,27). The Balaban J connectivity index is 1.56. The normalized spacial score (nSPS) is 11.1. The van der Waals surface area contributed by atoms with Gasteiger partial charge in [-0.2, -0.15) is 4.98 Å². The molecule has 1 N–H and O–H groups in total. The molecule has 0 bridgehead atoms. The van der Waals surface area contributed by atoms with Gasteiger partial charge < -0.3 is 14.4 Å². The minimum atomic E-state index is -0.0714. The van der Waals surface area contributed by atoms with Crippen LogP contribution >= 0.6 is 0 Å². The van der Waals surface area contributed by atoms with Gasteiger partial charge in [-0.15, -0.1) is 0 Å². The Bertz CT molecular complexity index is 913. The lowest BCUT2D eigenvalue weighted by molar-refractivity contribution is -0.116. The van der Waals surface area contributed by atoms with Gasteiger partial charge in [0.25, 0.3) is 0 Å². The van der Waals surface area contributed by atoms with E-state index in [1.165, 1.54) is 0 Å². The minimum Gasteiger partial charge on any atom is -0.339 e. The maximum absolute atomic E-state index is 12.3. The van der Waals surface area contributed by atoms with Crippen molar-refractivity contribution in [1.82, 2.24) is 19.7 Å². The number of hydrogen-bond acceptors (Lipinski definition) is 5. The molecule has 1 amide bonds. The third-order valence-corrected chi connectivity index (χ3v) is 4.38. The summed E-state index contributed by atoms with van der Waals surface area (Å²) in [6.45, 7) is 7.04. The van der Waals surface area contributed by atoms with E-state index in [-0.39, 0.29) is 5.91 Å². The highest BCUT2D eigenvalue weighted by Gasteiger charge is 2.10. The lowest BCUT2D eigenvalue weighted by atomic mass is 10.1. The SMILES string of the molecule is CCCc1noc(CCC(=O)Nc2cccc(Cn3ccnc3C(C)C)c2)n1. The van der Waals surface area contributed by atoms with Crippen molar-refractivity contribution in [2.24, 2.45) is 0 Å². The molecule has 0 fully saturated rings. The molecule has 3 rings (SSSR count). The predicted octanol–water partition coefficient (Wildman–Crippen LogP) is 3.96. The zero-order valence-corrected chi connectivity index (χ0v) is 16.7. The third kappa shape index (κ3) is 5.28. The van der Waals surface area contributed by atoms with Crippen molar-refractivity contribution in [2.45, 2.75) is 58.9 Å². The molecular weight excluding hydrogens is 354 g/mol. The number of nitrogens with one attached hydrogen (secondary N) is 1. The number of hydrogen-bond donors (Lipinski definition) is 1. The number of carbonyl (C=O) groups excluding carboxylic acids is 1. The van der Waals surface area contributed by atoms with Gasteiger partial charge in [-0.1, -0.05) is 38.1 Å². The summed E-state index contributed by atoms with van der Waals surface area (Å²) in [6.07, 6.45) is 6.31. The van der Waals surface area contributed by atoms with E-state index < -0.39 is 0 Å². The van der Waals surface area contributed by atoms with Gasteiger partial charge in [-0.05, 0) is 24.1 Å². The third-order valence-electron chi connectivity index (χ3n) is 4.38. The Morgan fingerprint density at radius 2 is 2.14 bits per heavy atom. The van der Waals surface area contributed by atoms with Crippen LogP contribution in [0.5, 0.6) is 0 Å². The van der Waals surface area contributed by atoms with Crippen molar-refractivity contribution < 1.29 is 9.32 Å². The zero-order chi connectivity index (χ0) is 19.9. The maximum Gasteiger partial charge on any atom is 0.227 e. The zero-order valence-electron chi connectivity index (χ0n) is 16.7. The van der Waals surface area contributed by atoms with Crippen molar-refractivity contribution in [3.05, 3.63) is 59.8 Å². The molecule has 7 nitrogen and oxygen atoms in total. The van der Waals surface area contributed by atoms with Crippen LogP contribution in [0, 0.1) is 0 Å². The van der Waals surface area contributed by atoms with E-state index in [0.717, 1.165) is 36.5 Å². The summed E-state index contributed by atoms with van der Waals surface area (Å²) < 4.78 is 7.31. The second kappa shape index (κ2) is 9.30. The fraction of sp³-hybridized carbons (Fsp3) is 0.429. The highest BCUT2D eigenvalue weighted by molar-refractivity contribution is 5.90.